The van der Waals surface area contributed by atoms with Crippen LogP contribution in [0, 0.1) is 6.92 Å². The number of benzene rings is 3. The number of carbonyl (C=O) groups excluding carboxylic acids is 1. The Morgan fingerprint density at radius 2 is 1.76 bits per heavy atom. The third-order valence-electron chi connectivity index (χ3n) is 4.75. The molecule has 1 N–H and O–H groups in total. The fourth-order valence-corrected chi connectivity index (χ4v) is 3.37. The molecule has 0 bridgehead atoms. The van der Waals surface area contributed by atoms with Gasteiger partial charge in [-0.1, -0.05) is 18.2 Å². The molecule has 0 fully saturated rings. The molecule has 0 aliphatic heterocycles. The number of ether oxygens (including phenoxy) is 2. The van der Waals surface area contributed by atoms with Crippen LogP contribution in [0.3, 0.4) is 0 Å². The van der Waals surface area contributed by atoms with Gasteiger partial charge in [0.25, 0.3) is 5.91 Å². The maximum atomic E-state index is 12.8. The Morgan fingerprint density at radius 3 is 2.48 bits per heavy atom. The molecular weight excluding hydrogens is 366 g/mol. The number of imidazole rings is 1. The molecule has 0 aliphatic rings. The number of carbonyl (C=O) groups is 1. The zero-order valence-electron chi connectivity index (χ0n) is 16.5. The first-order valence-corrected chi connectivity index (χ1v) is 9.18. The minimum absolute atomic E-state index is 0.278. The molecule has 6 nitrogen and oxygen atoms in total. The van der Waals surface area contributed by atoms with Gasteiger partial charge in [-0.3, -0.25) is 9.36 Å². The van der Waals surface area contributed by atoms with Crippen molar-refractivity contribution in [1.29, 1.82) is 0 Å². The standard InChI is InChI=1S/C23H21N3O3/c1-15-24-20-13-16(9-11-21(20)26(15)17-7-5-4-6-8-17)25-23(27)19-14-18(28-2)10-12-22(19)29-3/h4-14H,1-3H3,(H,25,27). The SMILES string of the molecule is COc1ccc(OC)c(C(=O)Nc2ccc3c(c2)nc(C)n3-c2ccccc2)c1. The van der Waals surface area contributed by atoms with Crippen LogP contribution in [0.1, 0.15) is 16.2 Å². The second-order valence-corrected chi connectivity index (χ2v) is 6.55. The summed E-state index contributed by atoms with van der Waals surface area (Å²) in [6.07, 6.45) is 0. The van der Waals surface area contributed by atoms with Crippen molar-refractivity contribution >= 4 is 22.6 Å². The van der Waals surface area contributed by atoms with Crippen LogP contribution in [-0.2, 0) is 0 Å². The molecule has 0 unspecified atom stereocenters. The first kappa shape index (κ1) is 18.6. The van der Waals surface area contributed by atoms with Gasteiger partial charge in [0.2, 0.25) is 0 Å². The van der Waals surface area contributed by atoms with Crippen molar-refractivity contribution in [2.45, 2.75) is 6.92 Å². The Labute approximate surface area is 168 Å². The fourth-order valence-electron chi connectivity index (χ4n) is 3.37. The molecule has 4 aromatic rings. The summed E-state index contributed by atoms with van der Waals surface area (Å²) in [5.74, 6) is 1.67. The van der Waals surface area contributed by atoms with Crippen LogP contribution >= 0.6 is 0 Å². The van der Waals surface area contributed by atoms with Crippen LogP contribution in [0.15, 0.2) is 66.7 Å². The highest BCUT2D eigenvalue weighted by Gasteiger charge is 2.15. The number of anilines is 1. The highest BCUT2D eigenvalue weighted by atomic mass is 16.5. The van der Waals surface area contributed by atoms with Crippen LogP contribution in [0.2, 0.25) is 0 Å². The molecule has 4 rings (SSSR count). The van der Waals surface area contributed by atoms with Crippen LogP contribution in [0.4, 0.5) is 5.69 Å². The molecule has 0 saturated heterocycles. The van der Waals surface area contributed by atoms with Crippen molar-refractivity contribution < 1.29 is 14.3 Å². The smallest absolute Gasteiger partial charge is 0.259 e. The Hall–Kier alpha value is -3.80. The molecule has 3 aromatic carbocycles. The number of rotatable bonds is 5. The molecule has 0 saturated carbocycles. The molecule has 0 radical (unpaired) electrons. The van der Waals surface area contributed by atoms with Gasteiger partial charge in [-0.2, -0.15) is 0 Å². The summed E-state index contributed by atoms with van der Waals surface area (Å²) in [6, 6.07) is 20.9. The van der Waals surface area contributed by atoms with Crippen molar-refractivity contribution in [2.24, 2.45) is 0 Å². The molecular formula is C23H21N3O3. The average molecular weight is 387 g/mol. The quantitative estimate of drug-likeness (QED) is 0.543. The minimum Gasteiger partial charge on any atom is -0.497 e. The van der Waals surface area contributed by atoms with E-state index in [-0.39, 0.29) is 5.91 Å². The number of amides is 1. The second-order valence-electron chi connectivity index (χ2n) is 6.55. The van der Waals surface area contributed by atoms with Crippen molar-refractivity contribution in [3.8, 4) is 17.2 Å². The van der Waals surface area contributed by atoms with E-state index >= 15 is 0 Å². The number of para-hydroxylation sites is 1. The van der Waals surface area contributed by atoms with Gasteiger partial charge in [-0.15, -0.1) is 0 Å². The zero-order valence-corrected chi connectivity index (χ0v) is 16.5. The average Bonchev–Trinajstić information content (AvgIpc) is 3.08. The molecule has 0 spiro atoms. The lowest BCUT2D eigenvalue weighted by atomic mass is 10.1. The predicted octanol–water partition coefficient (Wildman–Crippen LogP) is 4.60. The molecule has 6 heteroatoms. The highest BCUT2D eigenvalue weighted by molar-refractivity contribution is 6.07. The number of nitrogens with zero attached hydrogens (tertiary/aromatic N) is 2. The molecule has 29 heavy (non-hydrogen) atoms. The molecule has 0 aliphatic carbocycles. The van der Waals surface area contributed by atoms with Gasteiger partial charge in [0.1, 0.15) is 17.3 Å². The van der Waals surface area contributed by atoms with Gasteiger partial charge in [0.05, 0.1) is 30.8 Å². The monoisotopic (exact) mass is 387 g/mol. The normalized spacial score (nSPS) is 10.7. The summed E-state index contributed by atoms with van der Waals surface area (Å²) >= 11 is 0. The molecule has 1 amide bonds. The third kappa shape index (κ3) is 3.52. The van der Waals surface area contributed by atoms with Crippen molar-refractivity contribution in [3.05, 3.63) is 78.1 Å². The van der Waals surface area contributed by atoms with Crippen LogP contribution in [0.25, 0.3) is 16.7 Å². The molecule has 1 aromatic heterocycles. The maximum absolute atomic E-state index is 12.8. The van der Waals surface area contributed by atoms with E-state index in [1.807, 2.05) is 55.5 Å². The van der Waals surface area contributed by atoms with Gasteiger partial charge in [0.15, 0.2) is 0 Å². The summed E-state index contributed by atoms with van der Waals surface area (Å²) < 4.78 is 12.6. The minimum atomic E-state index is -0.278. The third-order valence-corrected chi connectivity index (χ3v) is 4.75. The molecule has 1 heterocycles. The van der Waals surface area contributed by atoms with Crippen LogP contribution < -0.4 is 14.8 Å². The number of aryl methyl sites for hydroxylation is 1. The van der Waals surface area contributed by atoms with Gasteiger partial charge < -0.3 is 14.8 Å². The maximum Gasteiger partial charge on any atom is 0.259 e. The largest absolute Gasteiger partial charge is 0.497 e. The Morgan fingerprint density at radius 1 is 0.966 bits per heavy atom. The van der Waals surface area contributed by atoms with E-state index in [1.54, 1.807) is 25.3 Å². The number of nitrogens with one attached hydrogen (secondary N) is 1. The first-order chi connectivity index (χ1) is 14.1. The van der Waals surface area contributed by atoms with Crippen molar-refractivity contribution in [1.82, 2.24) is 9.55 Å². The lowest BCUT2D eigenvalue weighted by Crippen LogP contribution is -2.13. The van der Waals surface area contributed by atoms with Gasteiger partial charge in [-0.25, -0.2) is 4.98 Å². The van der Waals surface area contributed by atoms with E-state index in [2.05, 4.69) is 14.9 Å². The Kier molecular flexibility index (Phi) is 4.91. The van der Waals surface area contributed by atoms with Crippen molar-refractivity contribution in [3.63, 3.8) is 0 Å². The Balaban J connectivity index is 1.67. The number of methoxy groups -OCH3 is 2. The lowest BCUT2D eigenvalue weighted by molar-refractivity contribution is 0.102. The molecule has 0 atom stereocenters. The summed E-state index contributed by atoms with van der Waals surface area (Å²) in [5.41, 5.74) is 3.89. The first-order valence-electron chi connectivity index (χ1n) is 9.18. The topological polar surface area (TPSA) is 65.4 Å². The summed E-state index contributed by atoms with van der Waals surface area (Å²) in [6.45, 7) is 1.96. The van der Waals surface area contributed by atoms with Crippen molar-refractivity contribution in [2.75, 3.05) is 19.5 Å². The van der Waals surface area contributed by atoms with Gasteiger partial charge >= 0.3 is 0 Å². The van der Waals surface area contributed by atoms with Crippen LogP contribution in [-0.4, -0.2) is 29.7 Å². The predicted molar refractivity (Wildman–Crippen MR) is 113 cm³/mol. The summed E-state index contributed by atoms with van der Waals surface area (Å²) in [7, 11) is 3.09. The number of hydrogen-bond acceptors (Lipinski definition) is 4. The van der Waals surface area contributed by atoms with E-state index in [0.717, 1.165) is 22.5 Å². The second kappa shape index (κ2) is 7.67. The zero-order chi connectivity index (χ0) is 20.4. The summed E-state index contributed by atoms with van der Waals surface area (Å²) in [5, 5.41) is 2.92. The number of aromatic nitrogens is 2. The van der Waals surface area contributed by atoms with Gasteiger partial charge in [-0.05, 0) is 55.5 Å². The van der Waals surface area contributed by atoms with E-state index in [4.69, 9.17) is 9.47 Å². The number of hydrogen-bond donors (Lipinski definition) is 1. The van der Waals surface area contributed by atoms with E-state index in [9.17, 15) is 4.79 Å². The van der Waals surface area contributed by atoms with E-state index in [1.165, 1.54) is 7.11 Å². The Bertz CT molecular complexity index is 1180. The van der Waals surface area contributed by atoms with Crippen LogP contribution in [0.5, 0.6) is 11.5 Å². The van der Waals surface area contributed by atoms with E-state index in [0.29, 0.717) is 22.7 Å². The number of fused-ring (bicyclic) bond motifs is 1. The summed E-state index contributed by atoms with van der Waals surface area (Å²) in [4.78, 5) is 17.5. The fraction of sp³-hybridized carbons (Fsp3) is 0.130. The lowest BCUT2D eigenvalue weighted by Gasteiger charge is -2.11. The van der Waals surface area contributed by atoms with Gasteiger partial charge in [0, 0.05) is 11.4 Å². The molecule has 146 valence electrons. The highest BCUT2D eigenvalue weighted by Crippen LogP contribution is 2.27. The van der Waals surface area contributed by atoms with E-state index < -0.39 is 0 Å².